The fourth-order valence-electron chi connectivity index (χ4n) is 2.56. The van der Waals surface area contributed by atoms with E-state index in [0.717, 1.165) is 16.9 Å². The molecule has 0 saturated carbocycles. The van der Waals surface area contributed by atoms with E-state index in [1.165, 1.54) is 10.6 Å². The van der Waals surface area contributed by atoms with Crippen molar-refractivity contribution in [1.29, 1.82) is 0 Å². The van der Waals surface area contributed by atoms with Crippen LogP contribution in [0.2, 0.25) is 0 Å². The van der Waals surface area contributed by atoms with Crippen LogP contribution in [0, 0.1) is 0 Å². The van der Waals surface area contributed by atoms with Gasteiger partial charge in [0.2, 0.25) is 0 Å². The lowest BCUT2D eigenvalue weighted by Crippen LogP contribution is -2.26. The maximum atomic E-state index is 12.2. The standard InChI is InChI=1S/C16H14N6O2/c23-15(10-5-6-14-20-21-16(24)22(14)9-10)17-8-7-13-18-11-3-1-2-4-12(11)19-13/h1-6,9H,7-8H2,(H,17,23)(H,18,19)(H,21,24). The van der Waals surface area contributed by atoms with Gasteiger partial charge in [0.05, 0.1) is 16.6 Å². The quantitative estimate of drug-likeness (QED) is 0.518. The number of H-pyrrole nitrogens is 2. The number of carbonyl (C=O) groups excluding carboxylic acids is 1. The average Bonchev–Trinajstić information content (AvgIpc) is 3.18. The molecule has 0 spiro atoms. The molecule has 4 aromatic rings. The minimum Gasteiger partial charge on any atom is -0.352 e. The monoisotopic (exact) mass is 322 g/mol. The third-order valence-electron chi connectivity index (χ3n) is 3.76. The summed E-state index contributed by atoms with van der Waals surface area (Å²) in [5, 5.41) is 8.98. The number of fused-ring (bicyclic) bond motifs is 2. The van der Waals surface area contributed by atoms with Crippen LogP contribution in [0.1, 0.15) is 16.2 Å². The van der Waals surface area contributed by atoms with Crippen LogP contribution in [0.15, 0.2) is 47.4 Å². The smallest absolute Gasteiger partial charge is 0.347 e. The molecular weight excluding hydrogens is 308 g/mol. The molecule has 0 aliphatic carbocycles. The molecule has 3 N–H and O–H groups in total. The summed E-state index contributed by atoms with van der Waals surface area (Å²) in [7, 11) is 0. The molecule has 4 rings (SSSR count). The summed E-state index contributed by atoms with van der Waals surface area (Å²) >= 11 is 0. The van der Waals surface area contributed by atoms with Gasteiger partial charge in [-0.3, -0.25) is 4.79 Å². The minimum atomic E-state index is -0.373. The first kappa shape index (κ1) is 14.2. The largest absolute Gasteiger partial charge is 0.352 e. The molecule has 0 unspecified atom stereocenters. The molecular formula is C16H14N6O2. The van der Waals surface area contributed by atoms with E-state index in [1.54, 1.807) is 12.1 Å². The van der Waals surface area contributed by atoms with Crippen LogP contribution in [0.5, 0.6) is 0 Å². The summed E-state index contributed by atoms with van der Waals surface area (Å²) in [4.78, 5) is 31.4. The molecule has 1 amide bonds. The molecule has 0 saturated heterocycles. The van der Waals surface area contributed by atoms with E-state index in [4.69, 9.17) is 0 Å². The number of para-hydroxylation sites is 2. The number of aromatic amines is 2. The Kier molecular flexibility index (Phi) is 3.34. The molecule has 8 heteroatoms. The van der Waals surface area contributed by atoms with Gasteiger partial charge in [-0.2, -0.15) is 5.10 Å². The third kappa shape index (κ3) is 2.54. The highest BCUT2D eigenvalue weighted by Crippen LogP contribution is 2.10. The number of rotatable bonds is 4. The van der Waals surface area contributed by atoms with Crippen LogP contribution in [0.4, 0.5) is 0 Å². The lowest BCUT2D eigenvalue weighted by Gasteiger charge is -2.04. The van der Waals surface area contributed by atoms with Crippen molar-refractivity contribution in [2.75, 3.05) is 6.54 Å². The molecule has 0 atom stereocenters. The molecule has 120 valence electrons. The lowest BCUT2D eigenvalue weighted by molar-refractivity contribution is 0.0953. The van der Waals surface area contributed by atoms with Crippen molar-refractivity contribution < 1.29 is 4.79 Å². The Labute approximate surface area is 135 Å². The summed E-state index contributed by atoms with van der Waals surface area (Å²) in [5.41, 5.74) is 2.38. The first-order chi connectivity index (χ1) is 11.7. The van der Waals surface area contributed by atoms with Gasteiger partial charge < -0.3 is 10.3 Å². The zero-order valence-electron chi connectivity index (χ0n) is 12.6. The third-order valence-corrected chi connectivity index (χ3v) is 3.76. The molecule has 1 aromatic carbocycles. The molecule has 8 nitrogen and oxygen atoms in total. The van der Waals surface area contributed by atoms with Crippen molar-refractivity contribution in [3.8, 4) is 0 Å². The summed E-state index contributed by atoms with van der Waals surface area (Å²) < 4.78 is 1.30. The molecule has 0 bridgehead atoms. The molecule has 0 aliphatic rings. The van der Waals surface area contributed by atoms with E-state index in [-0.39, 0.29) is 11.6 Å². The van der Waals surface area contributed by atoms with Crippen LogP contribution in [-0.2, 0) is 6.42 Å². The molecule has 24 heavy (non-hydrogen) atoms. The van der Waals surface area contributed by atoms with E-state index in [9.17, 15) is 9.59 Å². The van der Waals surface area contributed by atoms with Gasteiger partial charge in [-0.05, 0) is 24.3 Å². The van der Waals surface area contributed by atoms with Gasteiger partial charge in [0, 0.05) is 19.2 Å². The van der Waals surface area contributed by atoms with Gasteiger partial charge in [0.25, 0.3) is 5.91 Å². The van der Waals surface area contributed by atoms with Gasteiger partial charge in [0.1, 0.15) is 5.82 Å². The van der Waals surface area contributed by atoms with Gasteiger partial charge in [-0.15, -0.1) is 0 Å². The molecule has 0 aliphatic heterocycles. The van der Waals surface area contributed by atoms with E-state index in [1.807, 2.05) is 24.3 Å². The number of carbonyl (C=O) groups is 1. The van der Waals surface area contributed by atoms with Crippen LogP contribution in [-0.4, -0.2) is 37.0 Å². The van der Waals surface area contributed by atoms with Gasteiger partial charge in [-0.25, -0.2) is 19.3 Å². The SMILES string of the molecule is O=C(NCCc1nc2ccccc2[nH]1)c1ccc2n[nH]c(=O)n2c1. The molecule has 0 radical (unpaired) electrons. The van der Waals surface area contributed by atoms with E-state index < -0.39 is 0 Å². The maximum Gasteiger partial charge on any atom is 0.347 e. The van der Waals surface area contributed by atoms with E-state index in [0.29, 0.717) is 24.2 Å². The Balaban J connectivity index is 1.43. The van der Waals surface area contributed by atoms with Crippen LogP contribution >= 0.6 is 0 Å². The fraction of sp³-hybridized carbons (Fsp3) is 0.125. The first-order valence-electron chi connectivity index (χ1n) is 7.49. The topological polar surface area (TPSA) is 108 Å². The van der Waals surface area contributed by atoms with Crippen molar-refractivity contribution in [3.05, 3.63) is 64.5 Å². The highest BCUT2D eigenvalue weighted by Gasteiger charge is 2.09. The number of pyridine rings is 1. The van der Waals surface area contributed by atoms with Crippen LogP contribution < -0.4 is 11.0 Å². The Bertz CT molecular complexity index is 1060. The number of imidazole rings is 1. The number of hydrogen-bond acceptors (Lipinski definition) is 4. The normalized spacial score (nSPS) is 11.2. The number of nitrogens with one attached hydrogen (secondary N) is 3. The number of amides is 1. The van der Waals surface area contributed by atoms with Crippen molar-refractivity contribution in [1.82, 2.24) is 29.9 Å². The number of aromatic nitrogens is 5. The Morgan fingerprint density at radius 1 is 1.21 bits per heavy atom. The second-order valence-corrected chi connectivity index (χ2v) is 5.38. The van der Waals surface area contributed by atoms with E-state index in [2.05, 4.69) is 25.5 Å². The second kappa shape index (κ2) is 5.65. The van der Waals surface area contributed by atoms with Gasteiger partial charge in [-0.1, -0.05) is 12.1 Å². The minimum absolute atomic E-state index is 0.249. The lowest BCUT2D eigenvalue weighted by atomic mass is 10.2. The average molecular weight is 322 g/mol. The predicted octanol–water partition coefficient (Wildman–Crippen LogP) is 0.871. The number of hydrogen-bond donors (Lipinski definition) is 3. The number of benzene rings is 1. The molecule has 3 aromatic heterocycles. The number of nitrogens with zero attached hydrogens (tertiary/aromatic N) is 3. The highest BCUT2D eigenvalue weighted by molar-refractivity contribution is 5.94. The highest BCUT2D eigenvalue weighted by atomic mass is 16.2. The maximum absolute atomic E-state index is 12.2. The first-order valence-corrected chi connectivity index (χ1v) is 7.49. The Morgan fingerprint density at radius 3 is 2.96 bits per heavy atom. The fourth-order valence-corrected chi connectivity index (χ4v) is 2.56. The Hall–Kier alpha value is -3.42. The van der Waals surface area contributed by atoms with Crippen molar-refractivity contribution in [3.63, 3.8) is 0 Å². The molecule has 3 heterocycles. The predicted molar refractivity (Wildman–Crippen MR) is 87.9 cm³/mol. The zero-order chi connectivity index (χ0) is 16.5. The summed E-state index contributed by atoms with van der Waals surface area (Å²) in [6.07, 6.45) is 2.06. The van der Waals surface area contributed by atoms with Crippen LogP contribution in [0.3, 0.4) is 0 Å². The zero-order valence-corrected chi connectivity index (χ0v) is 12.6. The summed E-state index contributed by atoms with van der Waals surface area (Å²) in [6.45, 7) is 0.441. The second-order valence-electron chi connectivity index (χ2n) is 5.38. The Morgan fingerprint density at radius 2 is 2.08 bits per heavy atom. The van der Waals surface area contributed by atoms with Crippen molar-refractivity contribution in [2.24, 2.45) is 0 Å². The van der Waals surface area contributed by atoms with E-state index >= 15 is 0 Å². The summed E-state index contributed by atoms with van der Waals surface area (Å²) in [5.74, 6) is 0.569. The van der Waals surface area contributed by atoms with Crippen molar-refractivity contribution in [2.45, 2.75) is 6.42 Å². The van der Waals surface area contributed by atoms with Gasteiger partial charge >= 0.3 is 5.69 Å². The van der Waals surface area contributed by atoms with Gasteiger partial charge in [0.15, 0.2) is 5.65 Å². The van der Waals surface area contributed by atoms with Crippen LogP contribution in [0.25, 0.3) is 16.7 Å². The van der Waals surface area contributed by atoms with Crippen molar-refractivity contribution >= 4 is 22.6 Å². The molecule has 0 fully saturated rings. The summed E-state index contributed by atoms with van der Waals surface area (Å²) in [6, 6.07) is 11.0.